The summed E-state index contributed by atoms with van der Waals surface area (Å²) in [7, 11) is 1.65. The molecular weight excluding hydrogens is 469 g/mol. The van der Waals surface area contributed by atoms with E-state index in [9.17, 15) is 9.59 Å². The van der Waals surface area contributed by atoms with Gasteiger partial charge in [-0.2, -0.15) is 0 Å². The molecule has 3 aromatic carbocycles. The standard InChI is InChI=1S/C30H28FN3O3/c1-37-26-4-2-3-22-13-20(7-9-23(22)26)21-8-10-24(25(31)14-21)27-32-30(11-12-30)29(36)34(27)17-18-15-33(16-18)28(35)19-5-6-19/h2-4,7-10,13-14,18-19H,5-6,11-12,15-17H2,1H3. The van der Waals surface area contributed by atoms with Crippen LogP contribution < -0.4 is 4.74 Å². The lowest BCUT2D eigenvalue weighted by Gasteiger charge is -2.41. The highest BCUT2D eigenvalue weighted by molar-refractivity contribution is 6.16. The Morgan fingerprint density at radius 1 is 1.08 bits per heavy atom. The number of methoxy groups -OCH3 is 1. The van der Waals surface area contributed by atoms with Gasteiger partial charge in [-0.3, -0.25) is 19.5 Å². The number of carbonyl (C=O) groups excluding carboxylic acids is 2. The maximum absolute atomic E-state index is 15.6. The van der Waals surface area contributed by atoms with Gasteiger partial charge in [0.05, 0.1) is 12.7 Å². The van der Waals surface area contributed by atoms with Crippen LogP contribution in [0.4, 0.5) is 4.39 Å². The van der Waals surface area contributed by atoms with Gasteiger partial charge in [-0.25, -0.2) is 4.39 Å². The Morgan fingerprint density at radius 2 is 1.84 bits per heavy atom. The summed E-state index contributed by atoms with van der Waals surface area (Å²) < 4.78 is 21.0. The molecule has 0 unspecified atom stereocenters. The first kappa shape index (κ1) is 22.5. The summed E-state index contributed by atoms with van der Waals surface area (Å²) in [5, 5.41) is 2.02. The molecule has 2 aliphatic carbocycles. The average Bonchev–Trinajstić information content (AvgIpc) is 3.81. The van der Waals surface area contributed by atoms with E-state index in [2.05, 4.69) is 0 Å². The Balaban J connectivity index is 1.14. The van der Waals surface area contributed by atoms with Crippen LogP contribution >= 0.6 is 0 Å². The summed E-state index contributed by atoms with van der Waals surface area (Å²) in [6, 6.07) is 17.0. The van der Waals surface area contributed by atoms with Crippen LogP contribution in [0, 0.1) is 17.7 Å². The molecule has 37 heavy (non-hydrogen) atoms. The van der Waals surface area contributed by atoms with Gasteiger partial charge in [-0.15, -0.1) is 0 Å². The van der Waals surface area contributed by atoms with Crippen molar-refractivity contribution in [2.75, 3.05) is 26.7 Å². The Labute approximate surface area is 214 Å². The highest BCUT2D eigenvalue weighted by atomic mass is 19.1. The van der Waals surface area contributed by atoms with E-state index in [1.165, 1.54) is 6.07 Å². The minimum atomic E-state index is -0.703. The summed E-state index contributed by atoms with van der Waals surface area (Å²) in [5.74, 6) is 1.46. The highest BCUT2D eigenvalue weighted by Gasteiger charge is 2.58. The van der Waals surface area contributed by atoms with Crippen molar-refractivity contribution in [1.82, 2.24) is 9.80 Å². The second kappa shape index (κ2) is 8.13. The van der Waals surface area contributed by atoms with Gasteiger partial charge in [0.15, 0.2) is 0 Å². The van der Waals surface area contributed by atoms with Crippen molar-refractivity contribution in [1.29, 1.82) is 0 Å². The first-order valence-corrected chi connectivity index (χ1v) is 13.0. The smallest absolute Gasteiger partial charge is 0.256 e. The van der Waals surface area contributed by atoms with Crippen LogP contribution in [0.25, 0.3) is 21.9 Å². The van der Waals surface area contributed by atoms with Crippen LogP contribution in [0.15, 0.2) is 59.6 Å². The number of benzene rings is 3. The molecular formula is C30H28FN3O3. The Bertz CT molecular complexity index is 1480. The fourth-order valence-corrected chi connectivity index (χ4v) is 5.68. The molecule has 1 saturated heterocycles. The maximum atomic E-state index is 15.6. The third-order valence-electron chi connectivity index (χ3n) is 8.18. The average molecular weight is 498 g/mol. The lowest BCUT2D eigenvalue weighted by atomic mass is 9.97. The Kier molecular flexibility index (Phi) is 4.94. The number of fused-ring (bicyclic) bond motifs is 1. The van der Waals surface area contributed by atoms with Crippen molar-refractivity contribution in [3.05, 3.63) is 66.0 Å². The topological polar surface area (TPSA) is 62.2 Å². The highest BCUT2D eigenvalue weighted by Crippen LogP contribution is 2.46. The van der Waals surface area contributed by atoms with Crippen molar-refractivity contribution < 1.29 is 18.7 Å². The first-order valence-electron chi connectivity index (χ1n) is 13.0. The number of rotatable bonds is 6. The predicted molar refractivity (Wildman–Crippen MR) is 139 cm³/mol. The number of likely N-dealkylation sites (tertiary alicyclic amines) is 1. The number of hydrogen-bond acceptors (Lipinski definition) is 4. The minimum Gasteiger partial charge on any atom is -0.496 e. The number of aliphatic imine (C=N–C) groups is 1. The third kappa shape index (κ3) is 3.71. The first-order chi connectivity index (χ1) is 18.0. The van der Waals surface area contributed by atoms with Crippen LogP contribution in [0.1, 0.15) is 31.2 Å². The van der Waals surface area contributed by atoms with E-state index in [1.54, 1.807) is 18.1 Å². The molecule has 0 radical (unpaired) electrons. The zero-order valence-corrected chi connectivity index (χ0v) is 20.7. The summed E-state index contributed by atoms with van der Waals surface area (Å²) in [6.45, 7) is 1.79. The number of amidine groups is 1. The SMILES string of the molecule is COc1cccc2cc(-c3ccc(C4=NC5(CC5)C(=O)N4CC4CN(C(=O)C5CC5)C4)c(F)c3)ccc12. The van der Waals surface area contributed by atoms with Gasteiger partial charge in [0.25, 0.3) is 5.91 Å². The van der Waals surface area contributed by atoms with Crippen LogP contribution in [0.3, 0.4) is 0 Å². The molecule has 7 rings (SSSR count). The number of halogens is 1. The quantitative estimate of drug-likeness (QED) is 0.498. The molecule has 0 atom stereocenters. The van der Waals surface area contributed by atoms with Crippen LogP contribution in [-0.4, -0.2) is 59.7 Å². The molecule has 2 aliphatic heterocycles. The molecule has 2 amide bonds. The molecule has 2 saturated carbocycles. The van der Waals surface area contributed by atoms with Crippen molar-refractivity contribution in [2.45, 2.75) is 31.2 Å². The molecule has 1 spiro atoms. The van der Waals surface area contributed by atoms with Gasteiger partial charge in [0.1, 0.15) is 22.9 Å². The monoisotopic (exact) mass is 497 g/mol. The molecule has 3 aromatic rings. The van der Waals surface area contributed by atoms with Crippen LogP contribution in [0.5, 0.6) is 5.75 Å². The van der Waals surface area contributed by atoms with Crippen LogP contribution in [0.2, 0.25) is 0 Å². The van der Waals surface area contributed by atoms with E-state index in [4.69, 9.17) is 9.73 Å². The molecule has 2 heterocycles. The normalized spacial score (nSPS) is 20.4. The fourth-order valence-electron chi connectivity index (χ4n) is 5.68. The maximum Gasteiger partial charge on any atom is 0.256 e. The zero-order chi connectivity index (χ0) is 25.3. The zero-order valence-electron chi connectivity index (χ0n) is 20.7. The molecule has 3 fully saturated rings. The van der Waals surface area contributed by atoms with E-state index in [0.717, 1.165) is 40.5 Å². The van der Waals surface area contributed by atoms with Crippen molar-refractivity contribution in [3.8, 4) is 16.9 Å². The molecule has 0 aromatic heterocycles. The number of hydrogen-bond donors (Lipinski definition) is 0. The van der Waals surface area contributed by atoms with E-state index in [-0.39, 0.29) is 23.7 Å². The number of nitrogens with zero attached hydrogens (tertiary/aromatic N) is 3. The van der Waals surface area contributed by atoms with Gasteiger partial charge in [-0.1, -0.05) is 30.3 Å². The van der Waals surface area contributed by atoms with Crippen molar-refractivity contribution >= 4 is 28.4 Å². The number of ether oxygens (including phenoxy) is 1. The lowest BCUT2D eigenvalue weighted by molar-refractivity contribution is -0.139. The van der Waals surface area contributed by atoms with Gasteiger partial charge in [-0.05, 0) is 66.5 Å². The third-order valence-corrected chi connectivity index (χ3v) is 8.18. The Morgan fingerprint density at radius 3 is 2.54 bits per heavy atom. The van der Waals surface area contributed by atoms with Gasteiger partial charge in [0, 0.05) is 36.9 Å². The predicted octanol–water partition coefficient (Wildman–Crippen LogP) is 4.64. The van der Waals surface area contributed by atoms with Gasteiger partial charge in [0.2, 0.25) is 5.91 Å². The summed E-state index contributed by atoms with van der Waals surface area (Å²) in [6.07, 6.45) is 3.41. The molecule has 0 bridgehead atoms. The van der Waals surface area contributed by atoms with E-state index in [0.29, 0.717) is 43.9 Å². The second-order valence-corrected chi connectivity index (χ2v) is 10.9. The summed E-state index contributed by atoms with van der Waals surface area (Å²) in [4.78, 5) is 33.9. The van der Waals surface area contributed by atoms with E-state index >= 15 is 4.39 Å². The minimum absolute atomic E-state index is 0.0265. The fraction of sp³-hybridized carbons (Fsp3) is 0.367. The molecule has 6 nitrogen and oxygen atoms in total. The van der Waals surface area contributed by atoms with Crippen LogP contribution in [-0.2, 0) is 9.59 Å². The van der Waals surface area contributed by atoms with Gasteiger partial charge < -0.3 is 9.64 Å². The molecule has 4 aliphatic rings. The summed E-state index contributed by atoms with van der Waals surface area (Å²) in [5.41, 5.74) is 1.32. The van der Waals surface area contributed by atoms with Crippen molar-refractivity contribution in [2.24, 2.45) is 16.8 Å². The second-order valence-electron chi connectivity index (χ2n) is 10.9. The van der Waals surface area contributed by atoms with Gasteiger partial charge >= 0.3 is 0 Å². The van der Waals surface area contributed by atoms with E-state index in [1.807, 2.05) is 47.4 Å². The molecule has 7 heteroatoms. The molecule has 188 valence electrons. The lowest BCUT2D eigenvalue weighted by Crippen LogP contribution is -2.55. The number of amides is 2. The Hall–Kier alpha value is -3.74. The molecule has 0 N–H and O–H groups in total. The van der Waals surface area contributed by atoms with Crippen molar-refractivity contribution in [3.63, 3.8) is 0 Å². The summed E-state index contributed by atoms with van der Waals surface area (Å²) >= 11 is 0. The van der Waals surface area contributed by atoms with E-state index < -0.39 is 11.4 Å². The number of carbonyl (C=O) groups is 2. The largest absolute Gasteiger partial charge is 0.496 e.